The lowest BCUT2D eigenvalue weighted by Crippen LogP contribution is -2.48. The summed E-state index contributed by atoms with van der Waals surface area (Å²) in [6.07, 6.45) is 2.88. The van der Waals surface area contributed by atoms with Gasteiger partial charge in [-0.25, -0.2) is 4.98 Å². The minimum atomic E-state index is -0.931. The van der Waals surface area contributed by atoms with Crippen LogP contribution in [0.1, 0.15) is 37.0 Å². The zero-order valence-corrected chi connectivity index (χ0v) is 14.3. The van der Waals surface area contributed by atoms with Gasteiger partial charge in [0.2, 0.25) is 17.7 Å². The zero-order valence-electron chi connectivity index (χ0n) is 14.3. The number of amides is 2. The van der Waals surface area contributed by atoms with E-state index in [1.165, 1.54) is 12.3 Å². The number of hydrogen-bond acceptors (Lipinski definition) is 5. The molecular weight excluding hydrogens is 320 g/mol. The van der Waals surface area contributed by atoms with E-state index < -0.39 is 11.4 Å². The van der Waals surface area contributed by atoms with Gasteiger partial charge in [-0.2, -0.15) is 0 Å². The zero-order chi connectivity index (χ0) is 18.4. The average Bonchev–Trinajstić information content (AvgIpc) is 2.57. The van der Waals surface area contributed by atoms with E-state index in [0.717, 1.165) is 6.42 Å². The lowest BCUT2D eigenvalue weighted by Gasteiger charge is -2.22. The predicted molar refractivity (Wildman–Crippen MR) is 95.4 cm³/mol. The molecule has 0 aliphatic rings. The molecule has 0 saturated heterocycles. The standard InChI is InChI=1S/C18H22N4O3/c1-3-9-18(2,20)17(24)22-13-7-8-15(21-11-13)25-14-6-4-5-12(10-14)16(19)23/h4-8,10-11H,3,9,20H2,1-2H3,(H2,19,23)(H,22,24). The lowest BCUT2D eigenvalue weighted by atomic mass is 9.96. The fourth-order valence-electron chi connectivity index (χ4n) is 2.25. The van der Waals surface area contributed by atoms with E-state index in [0.29, 0.717) is 29.3 Å². The van der Waals surface area contributed by atoms with E-state index in [4.69, 9.17) is 16.2 Å². The number of primary amides is 1. The maximum Gasteiger partial charge on any atom is 0.248 e. The molecule has 25 heavy (non-hydrogen) atoms. The molecule has 7 heteroatoms. The summed E-state index contributed by atoms with van der Waals surface area (Å²) in [7, 11) is 0. The van der Waals surface area contributed by atoms with Gasteiger partial charge in [0, 0.05) is 11.6 Å². The molecule has 1 heterocycles. The number of anilines is 1. The van der Waals surface area contributed by atoms with E-state index in [1.807, 2.05) is 6.92 Å². The van der Waals surface area contributed by atoms with E-state index in [9.17, 15) is 9.59 Å². The normalized spacial score (nSPS) is 12.9. The second kappa shape index (κ2) is 7.76. The fourth-order valence-corrected chi connectivity index (χ4v) is 2.25. The Morgan fingerprint density at radius 1 is 1.28 bits per heavy atom. The number of nitrogens with one attached hydrogen (secondary N) is 1. The van der Waals surface area contributed by atoms with Crippen LogP contribution in [0, 0.1) is 0 Å². The van der Waals surface area contributed by atoms with Crippen molar-refractivity contribution in [1.82, 2.24) is 4.98 Å². The summed E-state index contributed by atoms with van der Waals surface area (Å²) in [5.41, 5.74) is 11.2. The molecule has 132 valence electrons. The molecule has 0 fully saturated rings. The third-order valence-electron chi connectivity index (χ3n) is 3.62. The molecule has 1 aromatic heterocycles. The van der Waals surface area contributed by atoms with Crippen LogP contribution in [0.25, 0.3) is 0 Å². The van der Waals surface area contributed by atoms with Crippen molar-refractivity contribution < 1.29 is 14.3 Å². The first-order valence-corrected chi connectivity index (χ1v) is 7.96. The third-order valence-corrected chi connectivity index (χ3v) is 3.62. The summed E-state index contributed by atoms with van der Waals surface area (Å²) in [5.74, 6) is -0.0332. The summed E-state index contributed by atoms with van der Waals surface area (Å²) in [4.78, 5) is 27.5. The Bertz CT molecular complexity index is 757. The molecule has 0 aliphatic carbocycles. The first-order chi connectivity index (χ1) is 11.8. The average molecular weight is 342 g/mol. The first kappa shape index (κ1) is 18.4. The van der Waals surface area contributed by atoms with Crippen molar-refractivity contribution in [1.29, 1.82) is 0 Å². The predicted octanol–water partition coefficient (Wildman–Crippen LogP) is 2.43. The van der Waals surface area contributed by atoms with E-state index in [-0.39, 0.29) is 5.91 Å². The maximum absolute atomic E-state index is 12.2. The smallest absolute Gasteiger partial charge is 0.248 e. The lowest BCUT2D eigenvalue weighted by molar-refractivity contribution is -0.120. The van der Waals surface area contributed by atoms with E-state index >= 15 is 0 Å². The Morgan fingerprint density at radius 3 is 2.64 bits per heavy atom. The Balaban J connectivity index is 2.04. The van der Waals surface area contributed by atoms with E-state index in [2.05, 4.69) is 10.3 Å². The van der Waals surface area contributed by atoms with Gasteiger partial charge < -0.3 is 21.5 Å². The fraction of sp³-hybridized carbons (Fsp3) is 0.278. The largest absolute Gasteiger partial charge is 0.439 e. The molecule has 2 rings (SSSR count). The maximum atomic E-state index is 12.2. The van der Waals surface area contributed by atoms with Crippen LogP contribution in [-0.2, 0) is 4.79 Å². The molecule has 1 unspecified atom stereocenters. The molecule has 0 aliphatic heterocycles. The number of ether oxygens (including phenoxy) is 1. The number of carbonyl (C=O) groups is 2. The summed E-state index contributed by atoms with van der Waals surface area (Å²) in [6.45, 7) is 3.67. The van der Waals surface area contributed by atoms with Crippen molar-refractivity contribution >= 4 is 17.5 Å². The Morgan fingerprint density at radius 2 is 2.04 bits per heavy atom. The van der Waals surface area contributed by atoms with Gasteiger partial charge in [0.15, 0.2) is 0 Å². The highest BCUT2D eigenvalue weighted by Crippen LogP contribution is 2.22. The number of nitrogens with zero attached hydrogens (tertiary/aromatic N) is 1. The van der Waals surface area contributed by atoms with Gasteiger partial charge in [-0.05, 0) is 37.6 Å². The van der Waals surface area contributed by atoms with Crippen molar-refractivity contribution in [2.24, 2.45) is 11.5 Å². The second-order valence-corrected chi connectivity index (χ2v) is 6.00. The summed E-state index contributed by atoms with van der Waals surface area (Å²) >= 11 is 0. The van der Waals surface area contributed by atoms with Crippen molar-refractivity contribution in [3.05, 3.63) is 48.2 Å². The molecule has 7 nitrogen and oxygen atoms in total. The number of benzene rings is 1. The first-order valence-electron chi connectivity index (χ1n) is 7.96. The summed E-state index contributed by atoms with van der Waals surface area (Å²) < 4.78 is 5.58. The molecule has 1 aromatic carbocycles. The van der Waals surface area contributed by atoms with Crippen LogP contribution in [0.2, 0.25) is 0 Å². The van der Waals surface area contributed by atoms with Gasteiger partial charge >= 0.3 is 0 Å². The van der Waals surface area contributed by atoms with Gasteiger partial charge in [0.25, 0.3) is 0 Å². The number of pyridine rings is 1. The van der Waals surface area contributed by atoms with Crippen LogP contribution in [0.15, 0.2) is 42.6 Å². The molecule has 2 aromatic rings. The van der Waals surface area contributed by atoms with E-state index in [1.54, 1.807) is 37.3 Å². The number of hydrogen-bond donors (Lipinski definition) is 3. The third kappa shape index (κ3) is 5.02. The van der Waals surface area contributed by atoms with Crippen molar-refractivity contribution in [2.45, 2.75) is 32.2 Å². The van der Waals surface area contributed by atoms with Gasteiger partial charge in [0.1, 0.15) is 5.75 Å². The van der Waals surface area contributed by atoms with Gasteiger partial charge in [-0.15, -0.1) is 0 Å². The summed E-state index contributed by atoms with van der Waals surface area (Å²) in [5, 5.41) is 2.74. The Labute approximate surface area is 146 Å². The Hall–Kier alpha value is -2.93. The van der Waals surface area contributed by atoms with Crippen LogP contribution in [0.4, 0.5) is 5.69 Å². The minimum Gasteiger partial charge on any atom is -0.439 e. The highest BCUT2D eigenvalue weighted by atomic mass is 16.5. The van der Waals surface area contributed by atoms with Crippen LogP contribution in [-0.4, -0.2) is 22.3 Å². The second-order valence-electron chi connectivity index (χ2n) is 6.00. The van der Waals surface area contributed by atoms with Crippen LogP contribution in [0.5, 0.6) is 11.6 Å². The van der Waals surface area contributed by atoms with Gasteiger partial charge in [-0.1, -0.05) is 19.4 Å². The quantitative estimate of drug-likeness (QED) is 0.713. The monoisotopic (exact) mass is 342 g/mol. The molecule has 0 spiro atoms. The van der Waals surface area contributed by atoms with Crippen molar-refractivity contribution in [3.63, 3.8) is 0 Å². The number of carbonyl (C=O) groups excluding carboxylic acids is 2. The molecule has 0 bridgehead atoms. The number of nitrogens with two attached hydrogens (primary N) is 2. The summed E-state index contributed by atoms with van der Waals surface area (Å²) in [6, 6.07) is 9.76. The molecule has 1 atom stereocenters. The molecular formula is C18H22N4O3. The minimum absolute atomic E-state index is 0.265. The van der Waals surface area contributed by atoms with Crippen LogP contribution < -0.4 is 21.5 Å². The molecule has 5 N–H and O–H groups in total. The van der Waals surface area contributed by atoms with Gasteiger partial charge in [0.05, 0.1) is 17.4 Å². The Kier molecular flexibility index (Phi) is 5.71. The number of rotatable bonds is 7. The molecule has 0 saturated carbocycles. The molecule has 0 radical (unpaired) electrons. The molecule has 2 amide bonds. The van der Waals surface area contributed by atoms with Crippen LogP contribution in [0.3, 0.4) is 0 Å². The highest BCUT2D eigenvalue weighted by Gasteiger charge is 2.27. The number of aromatic nitrogens is 1. The van der Waals surface area contributed by atoms with Gasteiger partial charge in [-0.3, -0.25) is 9.59 Å². The van der Waals surface area contributed by atoms with Crippen LogP contribution >= 0.6 is 0 Å². The topological polar surface area (TPSA) is 120 Å². The SMILES string of the molecule is CCCC(C)(N)C(=O)Nc1ccc(Oc2cccc(C(N)=O)c2)nc1. The van der Waals surface area contributed by atoms with Crippen molar-refractivity contribution in [3.8, 4) is 11.6 Å². The highest BCUT2D eigenvalue weighted by molar-refractivity contribution is 5.97. The van der Waals surface area contributed by atoms with Crippen molar-refractivity contribution in [2.75, 3.05) is 5.32 Å².